The lowest BCUT2D eigenvalue weighted by Gasteiger charge is -2.17. The molecular weight excluding hydrogens is 294 g/mol. The quantitative estimate of drug-likeness (QED) is 0.867. The first-order valence-corrected chi connectivity index (χ1v) is 7.99. The average Bonchev–Trinajstić information content (AvgIpc) is 2.39. The van der Waals surface area contributed by atoms with Crippen LogP contribution < -0.4 is 0 Å². The molecule has 0 amide bonds. The van der Waals surface area contributed by atoms with E-state index in [1.54, 1.807) is 19.2 Å². The first-order chi connectivity index (χ1) is 9.39. The Morgan fingerprint density at radius 2 is 1.75 bits per heavy atom. The van der Waals surface area contributed by atoms with E-state index in [-0.39, 0.29) is 4.90 Å². The molecule has 0 aromatic heterocycles. The third-order valence-electron chi connectivity index (χ3n) is 3.01. The molecule has 2 rings (SSSR count). The average molecular weight is 310 g/mol. The number of hydrogen-bond acceptors (Lipinski definition) is 2. The molecule has 2 aromatic carbocycles. The van der Waals surface area contributed by atoms with Gasteiger partial charge >= 0.3 is 0 Å². The Hall–Kier alpha value is -1.36. The maximum absolute atomic E-state index is 12.4. The summed E-state index contributed by atoms with van der Waals surface area (Å²) >= 11 is 5.78. The Morgan fingerprint density at radius 3 is 2.35 bits per heavy atom. The van der Waals surface area contributed by atoms with Gasteiger partial charge in [0, 0.05) is 18.6 Å². The molecule has 0 spiro atoms. The van der Waals surface area contributed by atoms with Gasteiger partial charge in [0.1, 0.15) is 0 Å². The summed E-state index contributed by atoms with van der Waals surface area (Å²) in [6.07, 6.45) is 0. The van der Waals surface area contributed by atoms with Crippen molar-refractivity contribution in [1.82, 2.24) is 4.31 Å². The van der Waals surface area contributed by atoms with Crippen LogP contribution in [0.2, 0.25) is 5.02 Å². The van der Waals surface area contributed by atoms with Crippen LogP contribution in [0.3, 0.4) is 0 Å². The normalized spacial score (nSPS) is 11.8. The van der Waals surface area contributed by atoms with Crippen molar-refractivity contribution in [3.05, 3.63) is 64.7 Å². The summed E-state index contributed by atoms with van der Waals surface area (Å²) in [7, 11) is -1.92. The van der Waals surface area contributed by atoms with Crippen LogP contribution in [-0.2, 0) is 16.6 Å². The third-order valence-corrected chi connectivity index (χ3v) is 5.08. The fraction of sp³-hybridized carbons (Fsp3) is 0.200. The monoisotopic (exact) mass is 309 g/mol. The second-order valence-electron chi connectivity index (χ2n) is 4.70. The molecule has 0 unspecified atom stereocenters. The number of rotatable bonds is 4. The minimum Gasteiger partial charge on any atom is -0.207 e. The molecule has 0 fully saturated rings. The number of aryl methyl sites for hydroxylation is 1. The molecule has 0 atom stereocenters. The molecule has 0 aliphatic rings. The third kappa shape index (κ3) is 3.39. The minimum atomic E-state index is -3.49. The van der Waals surface area contributed by atoms with Gasteiger partial charge in [0.2, 0.25) is 10.0 Å². The summed E-state index contributed by atoms with van der Waals surface area (Å²) in [6.45, 7) is 2.32. The van der Waals surface area contributed by atoms with Gasteiger partial charge in [-0.15, -0.1) is 0 Å². The Bertz CT molecular complexity index is 696. The predicted molar refractivity (Wildman–Crippen MR) is 81.3 cm³/mol. The van der Waals surface area contributed by atoms with Crippen LogP contribution in [0.25, 0.3) is 0 Å². The van der Waals surface area contributed by atoms with Crippen LogP contribution in [0.15, 0.2) is 53.4 Å². The zero-order chi connectivity index (χ0) is 14.8. The van der Waals surface area contributed by atoms with Crippen molar-refractivity contribution >= 4 is 21.6 Å². The molecular formula is C15H16ClNO2S. The topological polar surface area (TPSA) is 37.4 Å². The van der Waals surface area contributed by atoms with E-state index in [4.69, 9.17) is 11.6 Å². The van der Waals surface area contributed by atoms with Gasteiger partial charge in [-0.25, -0.2) is 8.42 Å². The second kappa shape index (κ2) is 5.95. The van der Waals surface area contributed by atoms with E-state index in [1.165, 1.54) is 16.4 Å². The summed E-state index contributed by atoms with van der Waals surface area (Å²) < 4.78 is 26.2. The predicted octanol–water partition coefficient (Wildman–Crippen LogP) is 3.47. The zero-order valence-electron chi connectivity index (χ0n) is 11.4. The van der Waals surface area contributed by atoms with Crippen LogP contribution >= 0.6 is 11.6 Å². The van der Waals surface area contributed by atoms with Crippen LogP contribution in [-0.4, -0.2) is 19.8 Å². The maximum atomic E-state index is 12.4. The fourth-order valence-corrected chi connectivity index (χ4v) is 3.22. The van der Waals surface area contributed by atoms with Gasteiger partial charge in [-0.05, 0) is 36.8 Å². The van der Waals surface area contributed by atoms with E-state index in [0.717, 1.165) is 11.1 Å². The molecule has 0 aliphatic carbocycles. The fourth-order valence-electron chi connectivity index (χ4n) is 1.94. The van der Waals surface area contributed by atoms with Gasteiger partial charge in [0.05, 0.1) is 4.90 Å². The van der Waals surface area contributed by atoms with Gasteiger partial charge in [-0.3, -0.25) is 0 Å². The van der Waals surface area contributed by atoms with Gasteiger partial charge in [0.15, 0.2) is 0 Å². The molecule has 0 saturated heterocycles. The maximum Gasteiger partial charge on any atom is 0.243 e. The molecule has 0 radical (unpaired) electrons. The molecule has 0 N–H and O–H groups in total. The highest BCUT2D eigenvalue weighted by Crippen LogP contribution is 2.19. The smallest absolute Gasteiger partial charge is 0.207 e. The number of nitrogens with zero attached hydrogens (tertiary/aromatic N) is 1. The molecule has 0 saturated carbocycles. The van der Waals surface area contributed by atoms with Gasteiger partial charge in [-0.2, -0.15) is 4.31 Å². The molecule has 3 nitrogen and oxygen atoms in total. The number of hydrogen-bond donors (Lipinski definition) is 0. The zero-order valence-corrected chi connectivity index (χ0v) is 12.9. The number of benzene rings is 2. The SMILES string of the molecule is Cc1cccc(CN(C)S(=O)(=O)c2ccc(Cl)cc2)c1. The lowest BCUT2D eigenvalue weighted by Crippen LogP contribution is -2.26. The summed E-state index contributed by atoms with van der Waals surface area (Å²) in [5.41, 5.74) is 2.07. The van der Waals surface area contributed by atoms with Crippen molar-refractivity contribution in [2.45, 2.75) is 18.4 Å². The van der Waals surface area contributed by atoms with Crippen molar-refractivity contribution < 1.29 is 8.42 Å². The Balaban J connectivity index is 2.23. The van der Waals surface area contributed by atoms with Crippen molar-refractivity contribution in [3.63, 3.8) is 0 Å². The van der Waals surface area contributed by atoms with Gasteiger partial charge in [-0.1, -0.05) is 41.4 Å². The summed E-state index contributed by atoms with van der Waals surface area (Å²) in [4.78, 5) is 0.247. The Labute approximate surface area is 124 Å². The molecule has 0 aliphatic heterocycles. The van der Waals surface area contributed by atoms with E-state index in [2.05, 4.69) is 0 Å². The van der Waals surface area contributed by atoms with Crippen molar-refractivity contribution in [2.24, 2.45) is 0 Å². The molecule has 0 bridgehead atoms. The summed E-state index contributed by atoms with van der Waals surface area (Å²) in [6, 6.07) is 14.0. The Kier molecular flexibility index (Phi) is 4.48. The van der Waals surface area contributed by atoms with Crippen molar-refractivity contribution in [1.29, 1.82) is 0 Å². The van der Waals surface area contributed by atoms with Crippen molar-refractivity contribution in [2.75, 3.05) is 7.05 Å². The summed E-state index contributed by atoms with van der Waals surface area (Å²) in [5, 5.41) is 0.519. The van der Waals surface area contributed by atoms with Crippen LogP contribution in [0.5, 0.6) is 0 Å². The van der Waals surface area contributed by atoms with E-state index >= 15 is 0 Å². The molecule has 106 valence electrons. The summed E-state index contributed by atoms with van der Waals surface area (Å²) in [5.74, 6) is 0. The van der Waals surface area contributed by atoms with Crippen molar-refractivity contribution in [3.8, 4) is 0 Å². The van der Waals surface area contributed by atoms with Crippen LogP contribution in [0.1, 0.15) is 11.1 Å². The lowest BCUT2D eigenvalue weighted by atomic mass is 10.1. The standard InChI is InChI=1S/C15H16ClNO2S/c1-12-4-3-5-13(10-12)11-17(2)20(18,19)15-8-6-14(16)7-9-15/h3-10H,11H2,1-2H3. The lowest BCUT2D eigenvalue weighted by molar-refractivity contribution is 0.466. The van der Waals surface area contributed by atoms with Crippen LogP contribution in [0, 0.1) is 6.92 Å². The van der Waals surface area contributed by atoms with Gasteiger partial charge in [0.25, 0.3) is 0 Å². The second-order valence-corrected chi connectivity index (χ2v) is 7.19. The highest BCUT2D eigenvalue weighted by atomic mass is 35.5. The highest BCUT2D eigenvalue weighted by Gasteiger charge is 2.20. The molecule has 2 aromatic rings. The van der Waals surface area contributed by atoms with Crippen LogP contribution in [0.4, 0.5) is 0 Å². The van der Waals surface area contributed by atoms with Gasteiger partial charge < -0.3 is 0 Å². The first kappa shape index (κ1) is 15.0. The van der Waals surface area contributed by atoms with E-state index in [0.29, 0.717) is 11.6 Å². The molecule has 20 heavy (non-hydrogen) atoms. The molecule has 0 heterocycles. The van der Waals surface area contributed by atoms with E-state index in [9.17, 15) is 8.42 Å². The largest absolute Gasteiger partial charge is 0.243 e. The first-order valence-electron chi connectivity index (χ1n) is 6.17. The molecule has 5 heteroatoms. The number of sulfonamides is 1. The Morgan fingerprint density at radius 1 is 1.10 bits per heavy atom. The highest BCUT2D eigenvalue weighted by molar-refractivity contribution is 7.89. The van der Waals surface area contributed by atoms with E-state index < -0.39 is 10.0 Å². The minimum absolute atomic E-state index is 0.247. The van der Waals surface area contributed by atoms with E-state index in [1.807, 2.05) is 31.2 Å². The number of halogens is 1.